The predicted octanol–water partition coefficient (Wildman–Crippen LogP) is 2.33. The van der Waals surface area contributed by atoms with Gasteiger partial charge in [-0.15, -0.1) is 0 Å². The van der Waals surface area contributed by atoms with Crippen molar-refractivity contribution in [1.29, 1.82) is 0 Å². The Bertz CT molecular complexity index is 852. The number of nitrogens with one attached hydrogen (secondary N) is 2. The summed E-state index contributed by atoms with van der Waals surface area (Å²) in [6.45, 7) is 0.545. The summed E-state index contributed by atoms with van der Waals surface area (Å²) < 4.78 is 23.5. The van der Waals surface area contributed by atoms with Gasteiger partial charge in [0, 0.05) is 24.7 Å². The van der Waals surface area contributed by atoms with Crippen LogP contribution >= 0.6 is 0 Å². The molecule has 2 N–H and O–H groups in total. The van der Waals surface area contributed by atoms with Crippen LogP contribution in [0.15, 0.2) is 48.5 Å². The van der Waals surface area contributed by atoms with Crippen molar-refractivity contribution >= 4 is 17.9 Å². The van der Waals surface area contributed by atoms with E-state index in [-0.39, 0.29) is 37.1 Å². The average molecular weight is 386 g/mol. The smallest absolute Gasteiger partial charge is 0.244 e. The van der Waals surface area contributed by atoms with E-state index in [1.165, 1.54) is 18.2 Å². The molecule has 2 amide bonds. The van der Waals surface area contributed by atoms with Crippen LogP contribution in [0.4, 0.5) is 4.39 Å². The molecule has 2 aromatic rings. The van der Waals surface area contributed by atoms with Crippen LogP contribution in [0.1, 0.15) is 11.1 Å². The summed E-state index contributed by atoms with van der Waals surface area (Å²) in [5.41, 5.74) is 1.30. The van der Waals surface area contributed by atoms with Crippen LogP contribution in [0.2, 0.25) is 0 Å². The highest BCUT2D eigenvalue weighted by molar-refractivity contribution is 5.92. The summed E-state index contributed by atoms with van der Waals surface area (Å²) >= 11 is 0. The van der Waals surface area contributed by atoms with E-state index in [1.807, 2.05) is 0 Å². The highest BCUT2D eigenvalue weighted by atomic mass is 19.1. The minimum Gasteiger partial charge on any atom is -0.497 e. The molecule has 7 heteroatoms. The van der Waals surface area contributed by atoms with Crippen molar-refractivity contribution in [3.8, 4) is 11.5 Å². The lowest BCUT2D eigenvalue weighted by Gasteiger charge is -2.08. The first-order chi connectivity index (χ1) is 13.5. The molecule has 2 rings (SSSR count). The highest BCUT2D eigenvalue weighted by Crippen LogP contribution is 2.24. The quantitative estimate of drug-likeness (QED) is 0.512. The first kappa shape index (κ1) is 21.0. The Morgan fingerprint density at radius 1 is 1.04 bits per heavy atom. The second kappa shape index (κ2) is 10.7. The zero-order valence-corrected chi connectivity index (χ0v) is 15.8. The van der Waals surface area contributed by atoms with Gasteiger partial charge in [0.25, 0.3) is 0 Å². The third kappa shape index (κ3) is 6.75. The second-order valence-electron chi connectivity index (χ2n) is 5.89. The van der Waals surface area contributed by atoms with Crippen LogP contribution in [0.3, 0.4) is 0 Å². The Kier molecular flexibility index (Phi) is 8.02. The molecule has 0 aromatic heterocycles. The van der Waals surface area contributed by atoms with Gasteiger partial charge in [-0.05, 0) is 42.0 Å². The summed E-state index contributed by atoms with van der Waals surface area (Å²) in [7, 11) is 3.11. The normalized spacial score (nSPS) is 10.5. The third-order valence-electron chi connectivity index (χ3n) is 3.85. The number of hydrogen-bond acceptors (Lipinski definition) is 4. The van der Waals surface area contributed by atoms with Crippen LogP contribution in [0, 0.1) is 5.82 Å². The number of benzene rings is 2. The van der Waals surface area contributed by atoms with Crippen LogP contribution < -0.4 is 20.1 Å². The number of halogens is 1. The molecule has 0 atom stereocenters. The van der Waals surface area contributed by atoms with Gasteiger partial charge in [0.1, 0.15) is 17.3 Å². The van der Waals surface area contributed by atoms with Gasteiger partial charge in [-0.1, -0.05) is 12.1 Å². The van der Waals surface area contributed by atoms with Crippen LogP contribution in [-0.2, 0) is 16.0 Å². The molecule has 0 radical (unpaired) electrons. The van der Waals surface area contributed by atoms with E-state index in [9.17, 15) is 14.0 Å². The van der Waals surface area contributed by atoms with Crippen molar-refractivity contribution in [3.05, 3.63) is 65.5 Å². The molecule has 0 bridgehead atoms. The van der Waals surface area contributed by atoms with Crippen molar-refractivity contribution in [2.75, 3.05) is 27.3 Å². The van der Waals surface area contributed by atoms with Gasteiger partial charge >= 0.3 is 0 Å². The number of ether oxygens (including phenoxy) is 2. The number of rotatable bonds is 9. The third-order valence-corrected chi connectivity index (χ3v) is 3.85. The lowest BCUT2D eigenvalue weighted by Crippen LogP contribution is -2.34. The topological polar surface area (TPSA) is 76.7 Å². The molecule has 148 valence electrons. The molecular weight excluding hydrogens is 363 g/mol. The maximum Gasteiger partial charge on any atom is 0.244 e. The minimum atomic E-state index is -0.378. The SMILES string of the molecule is COc1ccc(OC)c(/C=C/C(=O)NCCNC(=O)Cc2cccc(F)c2)c1. The lowest BCUT2D eigenvalue weighted by atomic mass is 10.1. The average Bonchev–Trinajstić information content (AvgIpc) is 2.69. The molecule has 0 spiro atoms. The fraction of sp³-hybridized carbons (Fsp3) is 0.238. The molecule has 0 fully saturated rings. The molecule has 28 heavy (non-hydrogen) atoms. The zero-order valence-electron chi connectivity index (χ0n) is 15.8. The van der Waals surface area contributed by atoms with Crippen molar-refractivity contribution in [1.82, 2.24) is 10.6 Å². The summed E-state index contributed by atoms with van der Waals surface area (Å²) in [4.78, 5) is 23.7. The maximum absolute atomic E-state index is 13.1. The largest absolute Gasteiger partial charge is 0.497 e. The fourth-order valence-electron chi connectivity index (χ4n) is 2.48. The monoisotopic (exact) mass is 386 g/mol. The molecule has 0 aliphatic carbocycles. The lowest BCUT2D eigenvalue weighted by molar-refractivity contribution is -0.121. The van der Waals surface area contributed by atoms with E-state index in [1.54, 1.807) is 50.6 Å². The van der Waals surface area contributed by atoms with Gasteiger partial charge in [-0.3, -0.25) is 9.59 Å². The highest BCUT2D eigenvalue weighted by Gasteiger charge is 2.05. The Balaban J connectivity index is 1.75. The first-order valence-corrected chi connectivity index (χ1v) is 8.71. The number of hydrogen-bond donors (Lipinski definition) is 2. The van der Waals surface area contributed by atoms with Gasteiger partial charge in [-0.25, -0.2) is 4.39 Å². The van der Waals surface area contributed by atoms with E-state index in [4.69, 9.17) is 9.47 Å². The molecule has 0 unspecified atom stereocenters. The Morgan fingerprint density at radius 3 is 2.54 bits per heavy atom. The molecule has 6 nitrogen and oxygen atoms in total. The van der Waals surface area contributed by atoms with Crippen molar-refractivity contribution in [2.45, 2.75) is 6.42 Å². The molecule has 0 saturated carbocycles. The predicted molar refractivity (Wildman–Crippen MR) is 105 cm³/mol. The van der Waals surface area contributed by atoms with Crippen LogP contribution in [0.25, 0.3) is 6.08 Å². The molecular formula is C21H23FN2O4. The Labute approximate surface area is 163 Å². The van der Waals surface area contributed by atoms with Crippen molar-refractivity contribution < 1.29 is 23.5 Å². The first-order valence-electron chi connectivity index (χ1n) is 8.71. The van der Waals surface area contributed by atoms with E-state index >= 15 is 0 Å². The van der Waals surface area contributed by atoms with Gasteiger partial charge < -0.3 is 20.1 Å². The van der Waals surface area contributed by atoms with Crippen molar-refractivity contribution in [3.63, 3.8) is 0 Å². The van der Waals surface area contributed by atoms with Crippen LogP contribution in [-0.4, -0.2) is 39.1 Å². The molecule has 0 saturated heterocycles. The van der Waals surface area contributed by atoms with Gasteiger partial charge in [0.05, 0.1) is 20.6 Å². The molecule has 0 aliphatic heterocycles. The molecule has 0 heterocycles. The van der Waals surface area contributed by atoms with Gasteiger partial charge in [0.2, 0.25) is 11.8 Å². The van der Waals surface area contributed by atoms with Gasteiger partial charge in [0.15, 0.2) is 0 Å². The maximum atomic E-state index is 13.1. The summed E-state index contributed by atoms with van der Waals surface area (Å²) in [6.07, 6.45) is 3.09. The number of carbonyl (C=O) groups is 2. The van der Waals surface area contributed by atoms with Crippen LogP contribution in [0.5, 0.6) is 11.5 Å². The minimum absolute atomic E-state index is 0.0846. The zero-order chi connectivity index (χ0) is 20.4. The molecule has 0 aliphatic rings. The van der Waals surface area contributed by atoms with E-state index in [0.29, 0.717) is 22.6 Å². The number of carbonyl (C=O) groups excluding carboxylic acids is 2. The van der Waals surface area contributed by atoms with E-state index < -0.39 is 0 Å². The van der Waals surface area contributed by atoms with E-state index in [0.717, 1.165) is 0 Å². The Hall–Kier alpha value is -3.35. The number of methoxy groups -OCH3 is 2. The van der Waals surface area contributed by atoms with Crippen molar-refractivity contribution in [2.24, 2.45) is 0 Å². The second-order valence-corrected chi connectivity index (χ2v) is 5.89. The summed E-state index contributed by atoms with van der Waals surface area (Å²) in [6, 6.07) is 11.2. The summed E-state index contributed by atoms with van der Waals surface area (Å²) in [5, 5.41) is 5.35. The standard InChI is InChI=1S/C21H23FN2O4/c1-27-18-7-8-19(28-2)16(14-18)6-9-20(25)23-10-11-24-21(26)13-15-4-3-5-17(22)12-15/h3-9,12,14H,10-11,13H2,1-2H3,(H,23,25)(H,24,26)/b9-6+. The number of amides is 2. The fourth-order valence-corrected chi connectivity index (χ4v) is 2.48. The summed E-state index contributed by atoms with van der Waals surface area (Å²) in [5.74, 6) is 0.356. The van der Waals surface area contributed by atoms with Gasteiger partial charge in [-0.2, -0.15) is 0 Å². The molecule has 2 aromatic carbocycles. The van der Waals surface area contributed by atoms with E-state index in [2.05, 4.69) is 10.6 Å². The Morgan fingerprint density at radius 2 is 1.82 bits per heavy atom.